The molecule has 0 bridgehead atoms. The fourth-order valence-electron chi connectivity index (χ4n) is 2.67. The van der Waals surface area contributed by atoms with Crippen LogP contribution >= 0.6 is 0 Å². The minimum Gasteiger partial charge on any atom is -0.330 e. The van der Waals surface area contributed by atoms with E-state index in [1.165, 1.54) is 32.1 Å². The van der Waals surface area contributed by atoms with Gasteiger partial charge in [-0.05, 0) is 43.7 Å². The maximum atomic E-state index is 5.48. The first-order valence-electron chi connectivity index (χ1n) is 6.57. The molecule has 1 saturated carbocycles. The van der Waals surface area contributed by atoms with E-state index in [0.29, 0.717) is 5.41 Å². The Hall–Kier alpha value is -0.0800. The van der Waals surface area contributed by atoms with E-state index >= 15 is 0 Å². The molecule has 0 amide bonds. The average Bonchev–Trinajstić information content (AvgIpc) is 2.26. The van der Waals surface area contributed by atoms with Gasteiger partial charge in [-0.2, -0.15) is 0 Å². The maximum absolute atomic E-state index is 5.48. The fourth-order valence-corrected chi connectivity index (χ4v) is 2.67. The molecule has 90 valence electrons. The summed E-state index contributed by atoms with van der Waals surface area (Å²) >= 11 is 0. The molecule has 2 heteroatoms. The Balaban J connectivity index is 2.23. The van der Waals surface area contributed by atoms with Crippen LogP contribution in [-0.4, -0.2) is 19.6 Å². The molecule has 1 rings (SSSR count). The summed E-state index contributed by atoms with van der Waals surface area (Å²) in [5.41, 5.74) is 5.95. The largest absolute Gasteiger partial charge is 0.330 e. The average molecular weight is 212 g/mol. The molecule has 0 radical (unpaired) electrons. The van der Waals surface area contributed by atoms with E-state index in [1.54, 1.807) is 0 Å². The summed E-state index contributed by atoms with van der Waals surface area (Å²) in [6.45, 7) is 7.86. The normalized spacial score (nSPS) is 19.4. The topological polar surface area (TPSA) is 38.0 Å². The van der Waals surface area contributed by atoms with Crippen molar-refractivity contribution in [2.45, 2.75) is 52.4 Å². The Morgan fingerprint density at radius 1 is 1.20 bits per heavy atom. The third-order valence-electron chi connectivity index (χ3n) is 3.85. The molecule has 0 unspecified atom stereocenters. The monoisotopic (exact) mass is 212 g/mol. The van der Waals surface area contributed by atoms with Crippen LogP contribution in [0, 0.1) is 11.3 Å². The Morgan fingerprint density at radius 2 is 1.87 bits per heavy atom. The Kier molecular flexibility index (Phi) is 5.62. The first-order valence-corrected chi connectivity index (χ1v) is 6.57. The second kappa shape index (κ2) is 6.49. The number of nitrogens with two attached hydrogens (primary N) is 1. The summed E-state index contributed by atoms with van der Waals surface area (Å²) in [4.78, 5) is 0. The van der Waals surface area contributed by atoms with Gasteiger partial charge in [0.2, 0.25) is 0 Å². The molecule has 3 N–H and O–H groups in total. The van der Waals surface area contributed by atoms with Crippen molar-refractivity contribution in [2.24, 2.45) is 17.1 Å². The molecule has 15 heavy (non-hydrogen) atoms. The van der Waals surface area contributed by atoms with Crippen LogP contribution in [0.25, 0.3) is 0 Å². The van der Waals surface area contributed by atoms with Crippen molar-refractivity contribution < 1.29 is 0 Å². The van der Waals surface area contributed by atoms with Crippen molar-refractivity contribution in [1.82, 2.24) is 5.32 Å². The van der Waals surface area contributed by atoms with Gasteiger partial charge < -0.3 is 11.1 Å². The highest BCUT2D eigenvalue weighted by molar-refractivity contribution is 4.82. The molecule has 0 spiro atoms. The van der Waals surface area contributed by atoms with Crippen molar-refractivity contribution in [3.05, 3.63) is 0 Å². The van der Waals surface area contributed by atoms with E-state index in [2.05, 4.69) is 19.2 Å². The molecular formula is C13H28N2. The van der Waals surface area contributed by atoms with Gasteiger partial charge in [-0.15, -0.1) is 0 Å². The van der Waals surface area contributed by atoms with Gasteiger partial charge >= 0.3 is 0 Å². The molecule has 1 fully saturated rings. The second-order valence-electron chi connectivity index (χ2n) is 5.64. The Morgan fingerprint density at radius 3 is 2.47 bits per heavy atom. The fraction of sp³-hybridized carbons (Fsp3) is 1.00. The number of rotatable bonds is 6. The van der Waals surface area contributed by atoms with Gasteiger partial charge in [-0.1, -0.05) is 33.1 Å². The Bertz CT molecular complexity index is 160. The molecule has 1 aliphatic rings. The molecule has 0 aromatic heterocycles. The lowest BCUT2D eigenvalue weighted by Gasteiger charge is -2.37. The molecular weight excluding hydrogens is 184 g/mol. The predicted molar refractivity (Wildman–Crippen MR) is 66.9 cm³/mol. The zero-order chi connectivity index (χ0) is 11.1. The third-order valence-corrected chi connectivity index (χ3v) is 3.85. The van der Waals surface area contributed by atoms with Crippen LogP contribution in [0.5, 0.6) is 0 Å². The van der Waals surface area contributed by atoms with E-state index in [0.717, 1.165) is 32.0 Å². The standard InChI is InChI=1S/C13H28N2/c1-13(2,11-15-10-6-9-14)12-7-4-3-5-8-12/h12,15H,3-11,14H2,1-2H3. The summed E-state index contributed by atoms with van der Waals surface area (Å²) in [6.07, 6.45) is 8.30. The minimum absolute atomic E-state index is 0.467. The molecule has 0 saturated heterocycles. The van der Waals surface area contributed by atoms with Crippen LogP contribution in [0.2, 0.25) is 0 Å². The summed E-state index contributed by atoms with van der Waals surface area (Å²) in [7, 11) is 0. The van der Waals surface area contributed by atoms with Crippen molar-refractivity contribution in [1.29, 1.82) is 0 Å². The molecule has 0 aromatic carbocycles. The molecule has 2 nitrogen and oxygen atoms in total. The quantitative estimate of drug-likeness (QED) is 0.664. The molecule has 0 aromatic rings. The lowest BCUT2D eigenvalue weighted by atomic mass is 9.71. The summed E-state index contributed by atoms with van der Waals surface area (Å²) < 4.78 is 0. The van der Waals surface area contributed by atoms with Crippen molar-refractivity contribution >= 4 is 0 Å². The van der Waals surface area contributed by atoms with E-state index in [1.807, 2.05) is 0 Å². The summed E-state index contributed by atoms with van der Waals surface area (Å²) in [6, 6.07) is 0. The van der Waals surface area contributed by atoms with Gasteiger partial charge in [-0.25, -0.2) is 0 Å². The lowest BCUT2D eigenvalue weighted by molar-refractivity contribution is 0.154. The van der Waals surface area contributed by atoms with Crippen molar-refractivity contribution in [2.75, 3.05) is 19.6 Å². The van der Waals surface area contributed by atoms with Crippen LogP contribution in [-0.2, 0) is 0 Å². The van der Waals surface area contributed by atoms with Crippen LogP contribution in [0.15, 0.2) is 0 Å². The second-order valence-corrected chi connectivity index (χ2v) is 5.64. The number of hydrogen-bond donors (Lipinski definition) is 2. The van der Waals surface area contributed by atoms with Crippen LogP contribution < -0.4 is 11.1 Å². The van der Waals surface area contributed by atoms with E-state index in [4.69, 9.17) is 5.73 Å². The zero-order valence-corrected chi connectivity index (χ0v) is 10.5. The van der Waals surface area contributed by atoms with E-state index < -0.39 is 0 Å². The van der Waals surface area contributed by atoms with Gasteiger partial charge in [0.1, 0.15) is 0 Å². The van der Waals surface area contributed by atoms with Crippen molar-refractivity contribution in [3.63, 3.8) is 0 Å². The van der Waals surface area contributed by atoms with E-state index in [-0.39, 0.29) is 0 Å². The number of nitrogens with one attached hydrogen (secondary N) is 1. The summed E-state index contributed by atoms with van der Waals surface area (Å²) in [5, 5.41) is 3.54. The highest BCUT2D eigenvalue weighted by Gasteiger charge is 2.29. The highest BCUT2D eigenvalue weighted by atomic mass is 14.9. The first-order chi connectivity index (χ1) is 7.17. The first kappa shape index (κ1) is 13.0. The zero-order valence-electron chi connectivity index (χ0n) is 10.5. The lowest BCUT2D eigenvalue weighted by Crippen LogP contribution is -2.37. The smallest absolute Gasteiger partial charge is 0.000518 e. The van der Waals surface area contributed by atoms with Crippen molar-refractivity contribution in [3.8, 4) is 0 Å². The van der Waals surface area contributed by atoms with Gasteiger partial charge in [0.15, 0.2) is 0 Å². The molecule has 1 aliphatic carbocycles. The van der Waals surface area contributed by atoms with Crippen LogP contribution in [0.1, 0.15) is 52.4 Å². The van der Waals surface area contributed by atoms with Gasteiger partial charge in [0.05, 0.1) is 0 Å². The van der Waals surface area contributed by atoms with Gasteiger partial charge in [0.25, 0.3) is 0 Å². The molecule has 0 atom stereocenters. The van der Waals surface area contributed by atoms with Crippen LogP contribution in [0.4, 0.5) is 0 Å². The summed E-state index contributed by atoms with van der Waals surface area (Å²) in [5.74, 6) is 0.927. The number of hydrogen-bond acceptors (Lipinski definition) is 2. The Labute approximate surface area is 95.0 Å². The van der Waals surface area contributed by atoms with Crippen LogP contribution in [0.3, 0.4) is 0 Å². The van der Waals surface area contributed by atoms with Gasteiger partial charge in [-0.3, -0.25) is 0 Å². The van der Waals surface area contributed by atoms with Gasteiger partial charge in [0, 0.05) is 6.54 Å². The SMILES string of the molecule is CC(C)(CNCCCN)C1CCCCC1. The molecule has 0 heterocycles. The predicted octanol–water partition coefficient (Wildman–Crippen LogP) is 2.53. The minimum atomic E-state index is 0.467. The third kappa shape index (κ3) is 4.52. The molecule has 0 aliphatic heterocycles. The maximum Gasteiger partial charge on any atom is 0.000518 e. The highest BCUT2D eigenvalue weighted by Crippen LogP contribution is 2.37. The van der Waals surface area contributed by atoms with E-state index in [9.17, 15) is 0 Å².